The van der Waals surface area contributed by atoms with Gasteiger partial charge in [-0.25, -0.2) is 4.85 Å². The molecule has 0 bridgehead atoms. The van der Waals surface area contributed by atoms with Gasteiger partial charge in [0.25, 0.3) is 0 Å². The minimum Gasteiger partial charge on any atom is -0.309 e. The molecule has 0 aliphatic rings. The summed E-state index contributed by atoms with van der Waals surface area (Å²) >= 11 is 0. The highest BCUT2D eigenvalue weighted by atomic mass is 15.1. The van der Waals surface area contributed by atoms with E-state index in [2.05, 4.69) is 301 Å². The van der Waals surface area contributed by atoms with Crippen molar-refractivity contribution in [1.29, 1.82) is 5.26 Å². The van der Waals surface area contributed by atoms with Gasteiger partial charge < -0.3 is 22.8 Å². The van der Waals surface area contributed by atoms with Crippen molar-refractivity contribution >= 4 is 115 Å². The van der Waals surface area contributed by atoms with Crippen molar-refractivity contribution in [3.05, 3.63) is 302 Å². The number of hydrogen-bond donors (Lipinski definition) is 0. The van der Waals surface area contributed by atoms with E-state index in [-0.39, 0.29) is 0 Å². The summed E-state index contributed by atoms with van der Waals surface area (Å²) in [5.74, 6) is 0. The third-order valence-electron chi connectivity index (χ3n) is 18.1. The first kappa shape index (κ1) is 48.4. The normalized spacial score (nSPS) is 11.9. The molecule has 5 aromatic heterocycles. The van der Waals surface area contributed by atoms with Crippen molar-refractivity contribution in [2.45, 2.75) is 0 Å². The molecular formula is C80H47N7. The number of nitriles is 1. The van der Waals surface area contributed by atoms with E-state index in [4.69, 9.17) is 6.57 Å². The highest BCUT2D eigenvalue weighted by Gasteiger charge is 2.32. The number of rotatable bonds is 7. The fourth-order valence-electron chi connectivity index (χ4n) is 14.5. The molecule has 0 unspecified atom stereocenters. The first-order valence-electron chi connectivity index (χ1n) is 29.3. The molecule has 5 heterocycles. The van der Waals surface area contributed by atoms with Gasteiger partial charge in [-0.1, -0.05) is 176 Å². The van der Waals surface area contributed by atoms with E-state index in [9.17, 15) is 5.26 Å². The molecule has 0 saturated carbocycles. The summed E-state index contributed by atoms with van der Waals surface area (Å²) in [4.78, 5) is 4.04. The average molecular weight is 1110 g/mol. The number of benzene rings is 13. The van der Waals surface area contributed by atoms with Crippen LogP contribution in [0.3, 0.4) is 0 Å². The summed E-state index contributed by atoms with van der Waals surface area (Å²) in [6.07, 6.45) is 0. The summed E-state index contributed by atoms with van der Waals surface area (Å²) in [6.45, 7) is 8.51. The topological polar surface area (TPSA) is 52.8 Å². The van der Waals surface area contributed by atoms with Crippen LogP contribution in [0.15, 0.2) is 285 Å². The van der Waals surface area contributed by atoms with E-state index >= 15 is 0 Å². The van der Waals surface area contributed by atoms with E-state index in [1.54, 1.807) is 6.07 Å². The van der Waals surface area contributed by atoms with Crippen LogP contribution in [0, 0.1) is 17.9 Å². The third kappa shape index (κ3) is 6.97. The minimum atomic E-state index is 0.387. The highest BCUT2D eigenvalue weighted by molar-refractivity contribution is 6.18. The van der Waals surface area contributed by atoms with E-state index in [1.165, 1.54) is 16.3 Å². The van der Waals surface area contributed by atoms with Gasteiger partial charge in [-0.3, -0.25) is 0 Å². The van der Waals surface area contributed by atoms with Crippen LogP contribution in [0.4, 0.5) is 5.69 Å². The van der Waals surface area contributed by atoms with Crippen molar-refractivity contribution in [3.8, 4) is 56.8 Å². The fraction of sp³-hybridized carbons (Fsp3) is 0. The summed E-state index contributed by atoms with van der Waals surface area (Å²) < 4.78 is 12.3. The molecule has 0 spiro atoms. The lowest BCUT2D eigenvalue weighted by molar-refractivity contribution is 1.02. The Kier molecular flexibility index (Phi) is 10.4. The maximum atomic E-state index is 10.9. The van der Waals surface area contributed by atoms with Gasteiger partial charge in [0.05, 0.1) is 90.6 Å². The van der Waals surface area contributed by atoms with Crippen molar-refractivity contribution in [1.82, 2.24) is 22.8 Å². The molecule has 0 aliphatic carbocycles. The lowest BCUT2D eigenvalue weighted by atomic mass is 9.96. The Labute approximate surface area is 498 Å². The van der Waals surface area contributed by atoms with Gasteiger partial charge in [0.1, 0.15) is 0 Å². The Balaban J connectivity index is 1.06. The first-order valence-corrected chi connectivity index (χ1v) is 29.3. The molecule has 18 aromatic rings. The quantitative estimate of drug-likeness (QED) is 0.147. The Hall–Kier alpha value is -12.2. The number of para-hydroxylation sites is 9. The number of aromatic nitrogens is 5. The molecule has 7 nitrogen and oxygen atoms in total. The smallest absolute Gasteiger partial charge is 0.189 e. The maximum absolute atomic E-state index is 10.9. The first-order chi connectivity index (χ1) is 43.1. The average Bonchev–Trinajstić information content (AvgIpc) is 1.66. The second kappa shape index (κ2) is 18.7. The van der Waals surface area contributed by atoms with E-state index in [1.807, 2.05) is 12.1 Å². The summed E-state index contributed by atoms with van der Waals surface area (Å²) in [7, 11) is 0. The predicted molar refractivity (Wildman–Crippen MR) is 360 cm³/mol. The second-order valence-corrected chi connectivity index (χ2v) is 22.6. The van der Waals surface area contributed by atoms with Gasteiger partial charge in [0.2, 0.25) is 0 Å². The molecule has 87 heavy (non-hydrogen) atoms. The largest absolute Gasteiger partial charge is 0.309 e. The summed E-state index contributed by atoms with van der Waals surface area (Å²) in [6, 6.07) is 105. The molecule has 0 N–H and O–H groups in total. The summed E-state index contributed by atoms with van der Waals surface area (Å²) in [5.41, 5.74) is 20.1. The molecule has 0 atom stereocenters. The molecule has 0 fully saturated rings. The predicted octanol–water partition coefficient (Wildman–Crippen LogP) is 20.9. The van der Waals surface area contributed by atoms with Crippen molar-refractivity contribution < 1.29 is 0 Å². The van der Waals surface area contributed by atoms with Gasteiger partial charge in [-0.2, -0.15) is 5.26 Å². The van der Waals surface area contributed by atoms with Gasteiger partial charge in [-0.05, 0) is 126 Å². The number of hydrogen-bond acceptors (Lipinski definition) is 1. The third-order valence-corrected chi connectivity index (χ3v) is 18.1. The maximum Gasteiger partial charge on any atom is 0.189 e. The molecule has 0 amide bonds. The minimum absolute atomic E-state index is 0.387. The molecule has 0 saturated heterocycles. The van der Waals surface area contributed by atoms with Gasteiger partial charge in [-0.15, -0.1) is 0 Å². The lowest BCUT2D eigenvalue weighted by Gasteiger charge is -2.28. The van der Waals surface area contributed by atoms with Gasteiger partial charge in [0, 0.05) is 70.7 Å². The van der Waals surface area contributed by atoms with Gasteiger partial charge in [0.15, 0.2) is 5.69 Å². The van der Waals surface area contributed by atoms with Crippen molar-refractivity contribution in [2.24, 2.45) is 0 Å². The zero-order valence-electron chi connectivity index (χ0n) is 46.8. The molecule has 0 radical (unpaired) electrons. The highest BCUT2D eigenvalue weighted by Crippen LogP contribution is 2.51. The zero-order valence-corrected chi connectivity index (χ0v) is 46.8. The standard InChI is InChI=1S/C80H47N7/c1-82-54-44-50(49-81)43-53(45-54)64-48-77(84-68-32-14-5-23-56(68)57-24-6-15-33-69(57)84)79(80(87-72-36-18-9-27-60(72)61-28-10-19-37-73(61)87)78(64)85-70-34-16-7-25-58(70)59-26-8-17-35-71(59)85)86-74-38-20-12-30-63(74)66-47-52(40-42-76(66)86)51-39-41-75-65(46-51)62-29-11-13-31-67(62)83(75)55-21-3-2-4-22-55/h2-48H. The molecule has 0 aliphatic heterocycles. The van der Waals surface area contributed by atoms with Crippen LogP contribution in [0.2, 0.25) is 0 Å². The van der Waals surface area contributed by atoms with Crippen molar-refractivity contribution in [3.63, 3.8) is 0 Å². The van der Waals surface area contributed by atoms with Crippen LogP contribution in [-0.2, 0) is 0 Å². The van der Waals surface area contributed by atoms with Crippen molar-refractivity contribution in [2.75, 3.05) is 0 Å². The van der Waals surface area contributed by atoms with E-state index in [0.717, 1.165) is 143 Å². The van der Waals surface area contributed by atoms with Crippen LogP contribution in [-0.4, -0.2) is 22.8 Å². The van der Waals surface area contributed by atoms with Crippen LogP contribution in [0.25, 0.3) is 165 Å². The second-order valence-electron chi connectivity index (χ2n) is 22.6. The van der Waals surface area contributed by atoms with Crippen LogP contribution < -0.4 is 0 Å². The summed E-state index contributed by atoms with van der Waals surface area (Å²) in [5, 5.41) is 22.2. The molecule has 402 valence electrons. The molecule has 13 aromatic carbocycles. The lowest BCUT2D eigenvalue weighted by Crippen LogP contribution is -2.14. The van der Waals surface area contributed by atoms with Crippen LogP contribution in [0.1, 0.15) is 5.56 Å². The van der Waals surface area contributed by atoms with Gasteiger partial charge >= 0.3 is 0 Å². The molecule has 7 heteroatoms. The number of fused-ring (bicyclic) bond motifs is 15. The molecule has 18 rings (SSSR count). The Bertz CT molecular complexity index is 5850. The fourth-order valence-corrected chi connectivity index (χ4v) is 14.5. The molecular weight excluding hydrogens is 1060 g/mol. The Morgan fingerprint density at radius 3 is 1.05 bits per heavy atom. The van der Waals surface area contributed by atoms with Crippen LogP contribution >= 0.6 is 0 Å². The zero-order chi connectivity index (χ0) is 57.4. The Morgan fingerprint density at radius 1 is 0.276 bits per heavy atom. The SMILES string of the molecule is [C-]#[N+]c1cc(C#N)cc(-c2cc(-n3c4ccccc4c4ccccc43)c(-n3c4ccccc4c4cc(-c5ccc6c(c5)c5ccccc5n6-c5ccccc5)ccc43)c(-n3c4ccccc4c4ccccc43)c2-n2c3ccccc3c3ccccc32)c1. The number of nitrogens with zero attached hydrogens (tertiary/aromatic N) is 7. The van der Waals surface area contributed by atoms with E-state index in [0.29, 0.717) is 11.3 Å². The Morgan fingerprint density at radius 2 is 0.621 bits per heavy atom. The van der Waals surface area contributed by atoms with Crippen LogP contribution in [0.5, 0.6) is 0 Å². The monoisotopic (exact) mass is 1110 g/mol. The van der Waals surface area contributed by atoms with E-state index < -0.39 is 0 Å².